The number of hydrogen-bond donors (Lipinski definition) is 3. The lowest BCUT2D eigenvalue weighted by atomic mass is 10.2. The molecule has 0 aromatic rings. The number of hydrogen-bond acceptors (Lipinski definition) is 10. The van der Waals surface area contributed by atoms with Gasteiger partial charge < -0.3 is 25.1 Å². The number of carboxylic acids is 3. The molecular formula is C17H26N2O7S6. The minimum atomic E-state index is -1.13. The molecule has 0 aliphatic carbocycles. The average molecular weight is 563 g/mol. The van der Waals surface area contributed by atoms with Gasteiger partial charge in [0.05, 0.1) is 6.54 Å². The first kappa shape index (κ1) is 31.3. The van der Waals surface area contributed by atoms with Crippen molar-refractivity contribution in [3.8, 4) is 0 Å². The number of carboxylic acid groups (broad SMARTS) is 3. The monoisotopic (exact) mass is 562 g/mol. The molecule has 0 aromatic heterocycles. The molecule has 0 radical (unpaired) electrons. The van der Waals surface area contributed by atoms with E-state index in [2.05, 4.69) is 0 Å². The number of rotatable bonds is 17. The zero-order valence-electron chi connectivity index (χ0n) is 17.4. The summed E-state index contributed by atoms with van der Waals surface area (Å²) in [5.41, 5.74) is 0. The maximum absolute atomic E-state index is 11.2. The summed E-state index contributed by atoms with van der Waals surface area (Å²) in [6.45, 7) is 0.195. The Morgan fingerprint density at radius 2 is 1.00 bits per heavy atom. The summed E-state index contributed by atoms with van der Waals surface area (Å²) in [4.78, 5) is 46.3. The van der Waals surface area contributed by atoms with Gasteiger partial charge in [-0.05, 0) is 41.4 Å². The van der Waals surface area contributed by atoms with E-state index in [-0.39, 0.29) is 23.2 Å². The lowest BCUT2D eigenvalue weighted by molar-refractivity contribution is -0.140. The number of carbonyl (C=O) groups is 4. The SMILES string of the molecule is CC(=O)CN(CC(=O)O)C(=S)SSCCCCCCSSC(=S)N(CC(=O)O)CC(=O)O. The van der Waals surface area contributed by atoms with Gasteiger partial charge in [0.1, 0.15) is 34.1 Å². The van der Waals surface area contributed by atoms with Crippen LogP contribution in [0, 0.1) is 0 Å². The second-order valence-corrected chi connectivity index (χ2v) is 12.5. The average Bonchev–Trinajstić information content (AvgIpc) is 2.66. The Morgan fingerprint density at radius 3 is 1.31 bits per heavy atom. The molecule has 182 valence electrons. The number of aliphatic carboxylic acids is 3. The first-order valence-electron chi connectivity index (χ1n) is 9.34. The third-order valence-corrected chi connectivity index (χ3v) is 9.63. The molecule has 0 atom stereocenters. The van der Waals surface area contributed by atoms with Crippen LogP contribution in [-0.4, -0.2) is 95.1 Å². The van der Waals surface area contributed by atoms with Crippen molar-refractivity contribution in [1.29, 1.82) is 0 Å². The Bertz CT molecular complexity index is 592. The van der Waals surface area contributed by atoms with Gasteiger partial charge in [-0.25, -0.2) is 0 Å². The third kappa shape index (κ3) is 17.8. The van der Waals surface area contributed by atoms with Gasteiger partial charge in [0, 0.05) is 11.5 Å². The van der Waals surface area contributed by atoms with Crippen molar-refractivity contribution in [2.75, 3.05) is 37.7 Å². The van der Waals surface area contributed by atoms with E-state index in [9.17, 15) is 19.2 Å². The van der Waals surface area contributed by atoms with Crippen LogP contribution in [0.15, 0.2) is 0 Å². The van der Waals surface area contributed by atoms with Crippen LogP contribution in [-0.2, 0) is 19.2 Å². The normalized spacial score (nSPS) is 10.4. The standard InChI is InChI=1S/C17H26N2O7S6/c1-12(20)8-18(9-13(21)22)16(27)31-29-6-4-2-3-5-7-30-32-17(28)19(10-14(23)24)11-15(25)26/h2-11H2,1H3,(H,21,22)(H,23,24)(H,25,26). The van der Waals surface area contributed by atoms with Crippen molar-refractivity contribution in [3.63, 3.8) is 0 Å². The Kier molecular flexibility index (Phi) is 18.2. The molecule has 0 aliphatic rings. The van der Waals surface area contributed by atoms with E-state index in [1.165, 1.54) is 55.0 Å². The molecule has 0 aromatic carbocycles. The van der Waals surface area contributed by atoms with Gasteiger partial charge in [0.25, 0.3) is 0 Å². The van der Waals surface area contributed by atoms with Crippen LogP contribution in [0.4, 0.5) is 0 Å². The summed E-state index contributed by atoms with van der Waals surface area (Å²) in [5, 5.41) is 26.6. The van der Waals surface area contributed by atoms with Gasteiger partial charge in [-0.3, -0.25) is 19.2 Å². The van der Waals surface area contributed by atoms with Crippen LogP contribution in [0.25, 0.3) is 0 Å². The maximum Gasteiger partial charge on any atom is 0.323 e. The van der Waals surface area contributed by atoms with E-state index in [0.717, 1.165) is 42.1 Å². The second-order valence-electron chi connectivity index (χ2n) is 6.35. The van der Waals surface area contributed by atoms with E-state index in [4.69, 9.17) is 39.8 Å². The molecule has 3 N–H and O–H groups in total. The number of thiocarbonyl (C=S) groups is 2. The van der Waals surface area contributed by atoms with Crippen molar-refractivity contribution in [2.45, 2.75) is 32.6 Å². The van der Waals surface area contributed by atoms with Crippen molar-refractivity contribution in [3.05, 3.63) is 0 Å². The zero-order chi connectivity index (χ0) is 24.5. The second kappa shape index (κ2) is 18.7. The first-order valence-corrected chi connectivity index (χ1v) is 14.8. The van der Waals surface area contributed by atoms with E-state index in [0.29, 0.717) is 4.32 Å². The largest absolute Gasteiger partial charge is 0.480 e. The predicted molar refractivity (Wildman–Crippen MR) is 140 cm³/mol. The molecule has 0 bridgehead atoms. The third-order valence-electron chi connectivity index (χ3n) is 3.37. The van der Waals surface area contributed by atoms with Crippen LogP contribution in [0.3, 0.4) is 0 Å². The molecule has 0 fully saturated rings. The summed E-state index contributed by atoms with van der Waals surface area (Å²) in [6.07, 6.45) is 3.92. The minimum absolute atomic E-state index is 0.0117. The molecule has 0 rings (SSSR count). The number of ketones is 1. The molecule has 0 unspecified atom stereocenters. The lowest BCUT2D eigenvalue weighted by Crippen LogP contribution is -2.36. The van der Waals surface area contributed by atoms with E-state index < -0.39 is 31.0 Å². The number of unbranched alkanes of at least 4 members (excludes halogenated alkanes) is 3. The molecule has 32 heavy (non-hydrogen) atoms. The fourth-order valence-electron chi connectivity index (χ4n) is 2.09. The van der Waals surface area contributed by atoms with Crippen molar-refractivity contribution < 1.29 is 34.5 Å². The topological polar surface area (TPSA) is 135 Å². The van der Waals surface area contributed by atoms with Gasteiger partial charge in [0.2, 0.25) is 0 Å². The highest BCUT2D eigenvalue weighted by Gasteiger charge is 2.17. The Morgan fingerprint density at radius 1 is 0.656 bits per heavy atom. The summed E-state index contributed by atoms with van der Waals surface area (Å²) in [6, 6.07) is 0. The predicted octanol–water partition coefficient (Wildman–Crippen LogP) is 3.33. The van der Waals surface area contributed by atoms with E-state index >= 15 is 0 Å². The maximum atomic E-state index is 11.2. The smallest absolute Gasteiger partial charge is 0.323 e. The highest BCUT2D eigenvalue weighted by molar-refractivity contribution is 8.84. The molecule has 9 nitrogen and oxygen atoms in total. The van der Waals surface area contributed by atoms with Gasteiger partial charge in [-0.15, -0.1) is 0 Å². The van der Waals surface area contributed by atoms with Crippen molar-refractivity contribution >= 4 is 99.9 Å². The Hall–Kier alpha value is -0.740. The van der Waals surface area contributed by atoms with E-state index in [1.807, 2.05) is 0 Å². The van der Waals surface area contributed by atoms with Crippen LogP contribution in [0.1, 0.15) is 32.6 Å². The minimum Gasteiger partial charge on any atom is -0.480 e. The van der Waals surface area contributed by atoms with Gasteiger partial charge in [-0.2, -0.15) is 0 Å². The molecule has 15 heteroatoms. The van der Waals surface area contributed by atoms with Crippen LogP contribution in [0.5, 0.6) is 0 Å². The molecule has 0 amide bonds. The van der Waals surface area contributed by atoms with E-state index in [1.54, 1.807) is 0 Å². The summed E-state index contributed by atoms with van der Waals surface area (Å²) in [5.74, 6) is -1.80. The molecule has 0 saturated carbocycles. The zero-order valence-corrected chi connectivity index (χ0v) is 22.3. The number of Topliss-reactive ketones (excluding diaryl/α,β-unsaturated/α-hetero) is 1. The number of nitrogens with zero attached hydrogens (tertiary/aromatic N) is 2. The molecule has 0 saturated heterocycles. The Labute approximate surface area is 213 Å². The molecule has 0 heterocycles. The number of carbonyl (C=O) groups excluding carboxylic acids is 1. The molecule has 0 spiro atoms. The van der Waals surface area contributed by atoms with Gasteiger partial charge in [-0.1, -0.05) is 58.9 Å². The van der Waals surface area contributed by atoms with Crippen molar-refractivity contribution in [2.24, 2.45) is 0 Å². The van der Waals surface area contributed by atoms with Crippen molar-refractivity contribution in [1.82, 2.24) is 9.80 Å². The van der Waals surface area contributed by atoms with Crippen LogP contribution in [0.2, 0.25) is 0 Å². The Balaban J connectivity index is 3.91. The van der Waals surface area contributed by atoms with Crippen LogP contribution >= 0.6 is 67.6 Å². The quantitative estimate of drug-likeness (QED) is 0.136. The van der Waals surface area contributed by atoms with Gasteiger partial charge in [0.15, 0.2) is 0 Å². The summed E-state index contributed by atoms with van der Waals surface area (Å²) < 4.78 is 0.628. The molecular weight excluding hydrogens is 537 g/mol. The highest BCUT2D eigenvalue weighted by atomic mass is 33.1. The molecule has 0 aliphatic heterocycles. The fourth-order valence-corrected chi connectivity index (χ4v) is 7.14. The fraction of sp³-hybridized carbons (Fsp3) is 0.647. The van der Waals surface area contributed by atoms with Crippen LogP contribution < -0.4 is 0 Å². The lowest BCUT2D eigenvalue weighted by Gasteiger charge is -2.20. The summed E-state index contributed by atoms with van der Waals surface area (Å²) >= 11 is 10.3. The highest BCUT2D eigenvalue weighted by Crippen LogP contribution is 2.28. The first-order chi connectivity index (χ1) is 15.0. The summed E-state index contributed by atoms with van der Waals surface area (Å²) in [7, 11) is 5.51. The van der Waals surface area contributed by atoms with Gasteiger partial charge >= 0.3 is 17.9 Å².